The van der Waals surface area contributed by atoms with Crippen LogP contribution in [0.25, 0.3) is 11.1 Å². The van der Waals surface area contributed by atoms with Crippen molar-refractivity contribution in [1.29, 1.82) is 0 Å². The van der Waals surface area contributed by atoms with Crippen LogP contribution in [0.4, 0.5) is 5.82 Å². The summed E-state index contributed by atoms with van der Waals surface area (Å²) < 4.78 is 5.10. The fraction of sp³-hybridized carbons (Fsp3) is 0.583. The van der Waals surface area contributed by atoms with E-state index in [0.717, 1.165) is 42.5 Å². The highest BCUT2D eigenvalue weighted by Crippen LogP contribution is 2.22. The maximum atomic E-state index is 5.10. The summed E-state index contributed by atoms with van der Waals surface area (Å²) >= 11 is 0. The Bertz CT molecular complexity index is 534. The van der Waals surface area contributed by atoms with E-state index in [2.05, 4.69) is 25.8 Å². The van der Waals surface area contributed by atoms with E-state index < -0.39 is 0 Å². The Kier molecular flexibility index (Phi) is 3.10. The fourth-order valence-electron chi connectivity index (χ4n) is 1.94. The third-order valence-corrected chi connectivity index (χ3v) is 3.10. The summed E-state index contributed by atoms with van der Waals surface area (Å²) in [5.74, 6) is 0.810. The van der Waals surface area contributed by atoms with Crippen molar-refractivity contribution < 1.29 is 4.52 Å². The molecule has 1 fully saturated rings. The van der Waals surface area contributed by atoms with E-state index in [1.54, 1.807) is 0 Å². The Labute approximate surface area is 105 Å². The molecule has 18 heavy (non-hydrogen) atoms. The highest BCUT2D eigenvalue weighted by Gasteiger charge is 2.19. The lowest BCUT2D eigenvalue weighted by Gasteiger charge is -2.06. The van der Waals surface area contributed by atoms with Crippen LogP contribution < -0.4 is 10.6 Å². The number of fused-ring (bicyclic) bond motifs is 1. The zero-order valence-electron chi connectivity index (χ0n) is 10.4. The van der Waals surface area contributed by atoms with Gasteiger partial charge in [0.25, 0.3) is 5.71 Å². The van der Waals surface area contributed by atoms with Crippen LogP contribution in [0.3, 0.4) is 0 Å². The first kappa shape index (κ1) is 11.4. The van der Waals surface area contributed by atoms with Crippen molar-refractivity contribution in [3.63, 3.8) is 0 Å². The standard InChI is InChI=1S/C12H17N5O/c1-8-10-11(15-7-16-12(10)18-17-8)14-6-2-5-13-9-3-4-9/h7,9,13H,2-6H2,1H3,(H,14,15,16). The topological polar surface area (TPSA) is 75.9 Å². The van der Waals surface area contributed by atoms with Crippen molar-refractivity contribution >= 4 is 16.9 Å². The van der Waals surface area contributed by atoms with Crippen molar-refractivity contribution in [2.45, 2.75) is 32.2 Å². The van der Waals surface area contributed by atoms with Crippen molar-refractivity contribution in [1.82, 2.24) is 20.4 Å². The molecule has 0 spiro atoms. The SMILES string of the molecule is Cc1noc2ncnc(NCCCNC3CC3)c12. The molecule has 6 nitrogen and oxygen atoms in total. The second kappa shape index (κ2) is 4.89. The van der Waals surface area contributed by atoms with Gasteiger partial charge in [-0.05, 0) is 32.7 Å². The van der Waals surface area contributed by atoms with Crippen molar-refractivity contribution in [3.8, 4) is 0 Å². The average Bonchev–Trinajstić information content (AvgIpc) is 3.13. The first-order valence-corrected chi connectivity index (χ1v) is 6.39. The Morgan fingerprint density at radius 1 is 1.33 bits per heavy atom. The van der Waals surface area contributed by atoms with E-state index in [-0.39, 0.29) is 0 Å². The molecule has 0 atom stereocenters. The van der Waals surface area contributed by atoms with Crippen LogP contribution in [0.5, 0.6) is 0 Å². The molecular formula is C12H17N5O. The molecule has 0 aromatic carbocycles. The molecule has 1 aliphatic rings. The Morgan fingerprint density at radius 2 is 2.22 bits per heavy atom. The van der Waals surface area contributed by atoms with Crippen molar-refractivity contribution in [3.05, 3.63) is 12.0 Å². The van der Waals surface area contributed by atoms with Crippen LogP contribution in [0.1, 0.15) is 25.0 Å². The summed E-state index contributed by atoms with van der Waals surface area (Å²) in [5.41, 5.74) is 1.37. The minimum Gasteiger partial charge on any atom is -0.369 e. The lowest BCUT2D eigenvalue weighted by atomic mass is 10.3. The van der Waals surface area contributed by atoms with Gasteiger partial charge in [0.05, 0.1) is 5.69 Å². The summed E-state index contributed by atoms with van der Waals surface area (Å²) in [6, 6.07) is 0.774. The number of aryl methyl sites for hydroxylation is 1. The second-order valence-electron chi connectivity index (χ2n) is 4.68. The number of hydrogen-bond acceptors (Lipinski definition) is 6. The largest absolute Gasteiger partial charge is 0.369 e. The minimum absolute atomic E-state index is 0.543. The fourth-order valence-corrected chi connectivity index (χ4v) is 1.94. The summed E-state index contributed by atoms with van der Waals surface area (Å²) in [5, 5.41) is 11.6. The summed E-state index contributed by atoms with van der Waals surface area (Å²) in [6.07, 6.45) is 5.24. The monoisotopic (exact) mass is 247 g/mol. The van der Waals surface area contributed by atoms with E-state index in [0.29, 0.717) is 5.71 Å². The van der Waals surface area contributed by atoms with Crippen LogP contribution in [0.2, 0.25) is 0 Å². The first-order chi connectivity index (χ1) is 8.84. The number of hydrogen-bond donors (Lipinski definition) is 2. The number of aromatic nitrogens is 3. The molecule has 0 bridgehead atoms. The predicted octanol–water partition coefficient (Wildman–Crippen LogP) is 1.48. The molecule has 2 N–H and O–H groups in total. The molecule has 1 saturated carbocycles. The van der Waals surface area contributed by atoms with Crippen LogP contribution in [0.15, 0.2) is 10.9 Å². The maximum absolute atomic E-state index is 5.10. The van der Waals surface area contributed by atoms with Gasteiger partial charge in [0.15, 0.2) is 0 Å². The molecule has 2 heterocycles. The molecule has 96 valence electrons. The van der Waals surface area contributed by atoms with Crippen LogP contribution in [-0.2, 0) is 0 Å². The number of anilines is 1. The lowest BCUT2D eigenvalue weighted by Crippen LogP contribution is -2.20. The third-order valence-electron chi connectivity index (χ3n) is 3.10. The van der Waals surface area contributed by atoms with Gasteiger partial charge in [-0.25, -0.2) is 4.98 Å². The van der Waals surface area contributed by atoms with E-state index in [9.17, 15) is 0 Å². The van der Waals surface area contributed by atoms with Gasteiger partial charge in [0, 0.05) is 12.6 Å². The molecule has 2 aromatic rings. The van der Waals surface area contributed by atoms with Gasteiger partial charge in [-0.15, -0.1) is 0 Å². The molecule has 1 aliphatic carbocycles. The molecule has 3 rings (SSSR count). The zero-order chi connectivity index (χ0) is 12.4. The summed E-state index contributed by atoms with van der Waals surface area (Å²) in [6.45, 7) is 3.83. The number of rotatable bonds is 6. The highest BCUT2D eigenvalue weighted by molar-refractivity contribution is 5.87. The molecule has 6 heteroatoms. The number of nitrogens with zero attached hydrogens (tertiary/aromatic N) is 3. The molecule has 0 aliphatic heterocycles. The Balaban J connectivity index is 1.57. The van der Waals surface area contributed by atoms with Crippen LogP contribution >= 0.6 is 0 Å². The van der Waals surface area contributed by atoms with Crippen molar-refractivity contribution in [2.75, 3.05) is 18.4 Å². The molecule has 0 amide bonds. The van der Waals surface area contributed by atoms with Gasteiger partial charge >= 0.3 is 0 Å². The summed E-state index contributed by atoms with van der Waals surface area (Å²) in [4.78, 5) is 8.29. The molecule has 0 radical (unpaired) electrons. The molecule has 0 unspecified atom stereocenters. The van der Waals surface area contributed by atoms with Gasteiger partial charge < -0.3 is 15.2 Å². The van der Waals surface area contributed by atoms with E-state index in [4.69, 9.17) is 4.52 Å². The van der Waals surface area contributed by atoms with Gasteiger partial charge in [-0.1, -0.05) is 5.16 Å². The summed E-state index contributed by atoms with van der Waals surface area (Å²) in [7, 11) is 0. The van der Waals surface area contributed by atoms with Crippen molar-refractivity contribution in [2.24, 2.45) is 0 Å². The normalized spacial score (nSPS) is 15.2. The highest BCUT2D eigenvalue weighted by atomic mass is 16.5. The predicted molar refractivity (Wildman–Crippen MR) is 68.5 cm³/mol. The molecular weight excluding hydrogens is 230 g/mol. The lowest BCUT2D eigenvalue weighted by molar-refractivity contribution is 0.442. The second-order valence-corrected chi connectivity index (χ2v) is 4.68. The first-order valence-electron chi connectivity index (χ1n) is 6.39. The van der Waals surface area contributed by atoms with Crippen LogP contribution in [0, 0.1) is 6.92 Å². The van der Waals surface area contributed by atoms with Gasteiger partial charge in [0.1, 0.15) is 17.5 Å². The quantitative estimate of drug-likeness (QED) is 0.753. The molecule has 2 aromatic heterocycles. The average molecular weight is 247 g/mol. The van der Waals surface area contributed by atoms with Gasteiger partial charge in [-0.2, -0.15) is 4.98 Å². The smallest absolute Gasteiger partial charge is 0.263 e. The maximum Gasteiger partial charge on any atom is 0.263 e. The van der Waals surface area contributed by atoms with E-state index in [1.165, 1.54) is 19.2 Å². The van der Waals surface area contributed by atoms with Crippen LogP contribution in [-0.4, -0.2) is 34.3 Å². The van der Waals surface area contributed by atoms with Gasteiger partial charge in [0.2, 0.25) is 0 Å². The minimum atomic E-state index is 0.543. The number of nitrogens with one attached hydrogen (secondary N) is 2. The third kappa shape index (κ3) is 2.43. The Morgan fingerprint density at radius 3 is 3.06 bits per heavy atom. The molecule has 0 saturated heterocycles. The Hall–Kier alpha value is -1.69. The van der Waals surface area contributed by atoms with E-state index in [1.807, 2.05) is 6.92 Å². The van der Waals surface area contributed by atoms with Gasteiger partial charge in [-0.3, -0.25) is 0 Å². The van der Waals surface area contributed by atoms with E-state index >= 15 is 0 Å². The zero-order valence-corrected chi connectivity index (χ0v) is 10.4.